The summed E-state index contributed by atoms with van der Waals surface area (Å²) in [5, 5.41) is 4.23. The van der Waals surface area contributed by atoms with Crippen LogP contribution in [-0.4, -0.2) is 29.5 Å². The molecule has 0 saturated carbocycles. The number of nitrogens with zero attached hydrogens (tertiary/aromatic N) is 2. The number of aryl methyl sites for hydroxylation is 1. The van der Waals surface area contributed by atoms with Crippen molar-refractivity contribution in [2.24, 2.45) is 5.92 Å². The van der Waals surface area contributed by atoms with Crippen molar-refractivity contribution in [3.8, 4) is 11.1 Å². The molecule has 0 spiro atoms. The molecule has 3 nitrogen and oxygen atoms in total. The highest BCUT2D eigenvalue weighted by molar-refractivity contribution is 6.30. The quantitative estimate of drug-likeness (QED) is 0.401. The molecule has 2 aromatic carbocycles. The number of halogens is 1. The zero-order valence-corrected chi connectivity index (χ0v) is 19.1. The van der Waals surface area contributed by atoms with E-state index in [0.717, 1.165) is 42.7 Å². The topological polar surface area (TPSA) is 28.2 Å². The van der Waals surface area contributed by atoms with Gasteiger partial charge < -0.3 is 5.32 Å². The van der Waals surface area contributed by atoms with Gasteiger partial charge in [0.25, 0.3) is 0 Å². The van der Waals surface area contributed by atoms with Gasteiger partial charge in [-0.05, 0) is 85.1 Å². The summed E-state index contributed by atoms with van der Waals surface area (Å²) in [5.74, 6) is 1.84. The van der Waals surface area contributed by atoms with Gasteiger partial charge in [0.2, 0.25) is 0 Å². The standard InChI is InChI=1S/C27H32ClN3/c1-21-14-17-31(18-15-21)20-23-6-13-27(30-19-23)29-16-2-3-22-4-7-24(8-5-22)25-9-11-26(28)12-10-25/h4-13,19,21H,2-3,14-18,20H2,1H3,(H,29,30). The summed E-state index contributed by atoms with van der Waals surface area (Å²) in [6, 6.07) is 21.1. The number of benzene rings is 2. The van der Waals surface area contributed by atoms with E-state index in [-0.39, 0.29) is 0 Å². The highest BCUT2D eigenvalue weighted by atomic mass is 35.5. The van der Waals surface area contributed by atoms with Gasteiger partial charge in [0.05, 0.1) is 0 Å². The Labute approximate surface area is 191 Å². The molecule has 4 rings (SSSR count). The molecular formula is C27H32ClN3. The van der Waals surface area contributed by atoms with Crippen LogP contribution in [0.15, 0.2) is 66.9 Å². The van der Waals surface area contributed by atoms with Gasteiger partial charge in [0.15, 0.2) is 0 Å². The Morgan fingerprint density at radius 3 is 2.19 bits per heavy atom. The Morgan fingerprint density at radius 1 is 0.903 bits per heavy atom. The fourth-order valence-electron chi connectivity index (χ4n) is 4.12. The van der Waals surface area contributed by atoms with Crippen molar-refractivity contribution in [1.82, 2.24) is 9.88 Å². The fourth-order valence-corrected chi connectivity index (χ4v) is 4.24. The predicted octanol–water partition coefficient (Wildman–Crippen LogP) is 6.68. The average Bonchev–Trinajstić information content (AvgIpc) is 2.80. The second-order valence-electron chi connectivity index (χ2n) is 8.74. The molecule has 0 atom stereocenters. The van der Waals surface area contributed by atoms with E-state index < -0.39 is 0 Å². The normalized spacial score (nSPS) is 15.2. The fraction of sp³-hybridized carbons (Fsp3) is 0.370. The minimum atomic E-state index is 0.772. The molecule has 1 fully saturated rings. The maximum Gasteiger partial charge on any atom is 0.125 e. The summed E-state index contributed by atoms with van der Waals surface area (Å²) in [6.45, 7) is 6.72. The molecule has 0 radical (unpaired) electrons. The van der Waals surface area contributed by atoms with Crippen molar-refractivity contribution < 1.29 is 0 Å². The number of anilines is 1. The van der Waals surface area contributed by atoms with E-state index in [1.807, 2.05) is 18.3 Å². The van der Waals surface area contributed by atoms with Crippen LogP contribution in [0.2, 0.25) is 5.02 Å². The van der Waals surface area contributed by atoms with Crippen LogP contribution in [0, 0.1) is 5.92 Å². The van der Waals surface area contributed by atoms with E-state index in [2.05, 4.69) is 70.7 Å². The van der Waals surface area contributed by atoms with Crippen LogP contribution in [0.3, 0.4) is 0 Å². The van der Waals surface area contributed by atoms with Crippen LogP contribution in [0.5, 0.6) is 0 Å². The third-order valence-corrected chi connectivity index (χ3v) is 6.44. The zero-order chi connectivity index (χ0) is 21.5. The van der Waals surface area contributed by atoms with E-state index in [1.54, 1.807) is 0 Å². The van der Waals surface area contributed by atoms with Gasteiger partial charge in [-0.3, -0.25) is 4.90 Å². The molecule has 1 aliphatic heterocycles. The maximum atomic E-state index is 5.98. The molecule has 1 aromatic heterocycles. The number of pyridine rings is 1. The SMILES string of the molecule is CC1CCN(Cc2ccc(NCCCc3ccc(-c4ccc(Cl)cc4)cc3)nc2)CC1. The summed E-state index contributed by atoms with van der Waals surface area (Å²) in [6.07, 6.45) is 6.79. The van der Waals surface area contributed by atoms with Crippen molar-refractivity contribution in [2.45, 2.75) is 39.2 Å². The summed E-state index contributed by atoms with van der Waals surface area (Å²) in [7, 11) is 0. The number of piperidine rings is 1. The van der Waals surface area contributed by atoms with Crippen molar-refractivity contribution in [3.63, 3.8) is 0 Å². The Balaban J connectivity index is 1.18. The highest BCUT2D eigenvalue weighted by Gasteiger charge is 2.15. The molecular weight excluding hydrogens is 402 g/mol. The number of hydrogen-bond acceptors (Lipinski definition) is 3. The van der Waals surface area contributed by atoms with E-state index in [0.29, 0.717) is 0 Å². The van der Waals surface area contributed by atoms with Gasteiger partial charge in [-0.2, -0.15) is 0 Å². The van der Waals surface area contributed by atoms with Gasteiger partial charge in [-0.25, -0.2) is 4.98 Å². The molecule has 1 aliphatic rings. The van der Waals surface area contributed by atoms with Gasteiger partial charge in [-0.15, -0.1) is 0 Å². The molecule has 1 N–H and O–H groups in total. The van der Waals surface area contributed by atoms with E-state index in [1.165, 1.54) is 48.2 Å². The third-order valence-electron chi connectivity index (χ3n) is 6.19. The Morgan fingerprint density at radius 2 is 1.55 bits per heavy atom. The van der Waals surface area contributed by atoms with Crippen LogP contribution in [-0.2, 0) is 13.0 Å². The Bertz CT molecular complexity index is 928. The summed E-state index contributed by atoms with van der Waals surface area (Å²) >= 11 is 5.98. The molecule has 0 aliphatic carbocycles. The second-order valence-corrected chi connectivity index (χ2v) is 9.18. The van der Waals surface area contributed by atoms with Gasteiger partial charge in [0, 0.05) is 24.3 Å². The Hall–Kier alpha value is -2.36. The lowest BCUT2D eigenvalue weighted by Gasteiger charge is -2.30. The van der Waals surface area contributed by atoms with Crippen LogP contribution >= 0.6 is 11.6 Å². The minimum Gasteiger partial charge on any atom is -0.370 e. The predicted molar refractivity (Wildman–Crippen MR) is 132 cm³/mol. The van der Waals surface area contributed by atoms with Crippen molar-refractivity contribution in [3.05, 3.63) is 83.0 Å². The van der Waals surface area contributed by atoms with Crippen molar-refractivity contribution >= 4 is 17.4 Å². The van der Waals surface area contributed by atoms with Crippen molar-refractivity contribution in [1.29, 1.82) is 0 Å². The number of likely N-dealkylation sites (tertiary alicyclic amines) is 1. The smallest absolute Gasteiger partial charge is 0.125 e. The second kappa shape index (κ2) is 10.8. The van der Waals surface area contributed by atoms with Gasteiger partial charge in [0.1, 0.15) is 5.82 Å². The maximum absolute atomic E-state index is 5.98. The van der Waals surface area contributed by atoms with Gasteiger partial charge >= 0.3 is 0 Å². The first kappa shape index (κ1) is 21.9. The summed E-state index contributed by atoms with van der Waals surface area (Å²) in [5.41, 5.74) is 5.09. The number of nitrogens with one attached hydrogen (secondary N) is 1. The lowest BCUT2D eigenvalue weighted by Crippen LogP contribution is -2.32. The van der Waals surface area contributed by atoms with Crippen LogP contribution in [0.1, 0.15) is 37.3 Å². The van der Waals surface area contributed by atoms with Gasteiger partial charge in [-0.1, -0.05) is 61.0 Å². The monoisotopic (exact) mass is 433 g/mol. The molecule has 3 aromatic rings. The molecule has 31 heavy (non-hydrogen) atoms. The lowest BCUT2D eigenvalue weighted by atomic mass is 9.99. The Kier molecular flexibility index (Phi) is 7.61. The minimum absolute atomic E-state index is 0.772. The number of aromatic nitrogens is 1. The number of hydrogen-bond donors (Lipinski definition) is 1. The summed E-state index contributed by atoms with van der Waals surface area (Å²) in [4.78, 5) is 7.15. The molecule has 162 valence electrons. The molecule has 0 bridgehead atoms. The van der Waals surface area contributed by atoms with E-state index in [9.17, 15) is 0 Å². The first-order valence-corrected chi connectivity index (χ1v) is 11.8. The first-order valence-electron chi connectivity index (χ1n) is 11.4. The van der Waals surface area contributed by atoms with E-state index in [4.69, 9.17) is 11.6 Å². The van der Waals surface area contributed by atoms with Crippen LogP contribution < -0.4 is 5.32 Å². The lowest BCUT2D eigenvalue weighted by molar-refractivity contribution is 0.185. The summed E-state index contributed by atoms with van der Waals surface area (Å²) < 4.78 is 0. The highest BCUT2D eigenvalue weighted by Crippen LogP contribution is 2.22. The zero-order valence-electron chi connectivity index (χ0n) is 18.4. The average molecular weight is 434 g/mol. The van der Waals surface area contributed by atoms with E-state index >= 15 is 0 Å². The van der Waals surface area contributed by atoms with Crippen LogP contribution in [0.4, 0.5) is 5.82 Å². The van der Waals surface area contributed by atoms with Crippen LogP contribution in [0.25, 0.3) is 11.1 Å². The third kappa shape index (κ3) is 6.56. The van der Waals surface area contributed by atoms with Crippen molar-refractivity contribution in [2.75, 3.05) is 25.0 Å². The molecule has 4 heteroatoms. The molecule has 0 unspecified atom stereocenters. The molecule has 2 heterocycles. The molecule has 0 amide bonds. The number of rotatable bonds is 8. The largest absolute Gasteiger partial charge is 0.370 e. The molecule has 1 saturated heterocycles. The first-order chi connectivity index (χ1) is 15.2.